The van der Waals surface area contributed by atoms with E-state index in [2.05, 4.69) is 17.6 Å². The first-order valence-electron chi connectivity index (χ1n) is 5.79. The lowest BCUT2D eigenvalue weighted by molar-refractivity contribution is 0.185. The lowest BCUT2D eigenvalue weighted by Gasteiger charge is -2.37. The molecule has 0 atom stereocenters. The Balaban J connectivity index is 1.80. The third-order valence-electron chi connectivity index (χ3n) is 3.76. The second-order valence-corrected chi connectivity index (χ2v) is 4.76. The molecule has 2 N–H and O–H groups in total. The Bertz CT molecular complexity index is 157. The van der Waals surface area contributed by atoms with Gasteiger partial charge in [0.05, 0.1) is 0 Å². The molecule has 2 rings (SSSR count). The Hall–Kier alpha value is -0.0800. The second kappa shape index (κ2) is 3.97. The van der Waals surface area contributed by atoms with E-state index in [1.54, 1.807) is 0 Å². The van der Waals surface area contributed by atoms with Gasteiger partial charge in [0.15, 0.2) is 0 Å². The van der Waals surface area contributed by atoms with Gasteiger partial charge >= 0.3 is 0 Å². The van der Waals surface area contributed by atoms with E-state index in [0.29, 0.717) is 5.41 Å². The van der Waals surface area contributed by atoms with E-state index < -0.39 is 0 Å². The van der Waals surface area contributed by atoms with Gasteiger partial charge in [0.25, 0.3) is 0 Å². The number of rotatable bonds is 4. The van der Waals surface area contributed by atoms with Crippen molar-refractivity contribution < 1.29 is 0 Å². The average Bonchev–Trinajstić information content (AvgIpc) is 3.00. The first-order valence-corrected chi connectivity index (χ1v) is 5.79. The molecule has 2 aliphatic rings. The topological polar surface area (TPSA) is 24.1 Å². The van der Waals surface area contributed by atoms with Crippen LogP contribution in [-0.4, -0.2) is 25.7 Å². The molecule has 2 heteroatoms. The van der Waals surface area contributed by atoms with Crippen LogP contribution in [0.1, 0.15) is 39.0 Å². The smallest absolute Gasteiger partial charge is 0.00684 e. The summed E-state index contributed by atoms with van der Waals surface area (Å²) in [4.78, 5) is 0. The Morgan fingerprint density at radius 3 is 2.54 bits per heavy atom. The van der Waals surface area contributed by atoms with Gasteiger partial charge in [0.2, 0.25) is 0 Å². The molecule has 0 aromatic carbocycles. The molecule has 0 aromatic heterocycles. The molecular weight excluding hydrogens is 160 g/mol. The molecule has 1 heterocycles. The molecule has 0 radical (unpaired) electrons. The highest BCUT2D eigenvalue weighted by molar-refractivity contribution is 4.89. The molecule has 2 fully saturated rings. The third-order valence-corrected chi connectivity index (χ3v) is 3.76. The minimum absolute atomic E-state index is 0.619. The van der Waals surface area contributed by atoms with Crippen molar-refractivity contribution in [1.29, 1.82) is 0 Å². The highest BCUT2D eigenvalue weighted by atomic mass is 15.0. The van der Waals surface area contributed by atoms with Crippen LogP contribution in [0.2, 0.25) is 0 Å². The number of nitrogens with one attached hydrogen (secondary N) is 2. The van der Waals surface area contributed by atoms with Crippen molar-refractivity contribution in [2.24, 2.45) is 5.41 Å². The fourth-order valence-electron chi connectivity index (χ4n) is 2.26. The monoisotopic (exact) mass is 182 g/mol. The summed E-state index contributed by atoms with van der Waals surface area (Å²) in [6.45, 7) is 6.05. The van der Waals surface area contributed by atoms with Crippen LogP contribution >= 0.6 is 0 Å². The zero-order chi connectivity index (χ0) is 9.15. The van der Waals surface area contributed by atoms with Crippen molar-refractivity contribution >= 4 is 0 Å². The first kappa shape index (κ1) is 9.47. The van der Waals surface area contributed by atoms with Gasteiger partial charge in [0.1, 0.15) is 0 Å². The third kappa shape index (κ3) is 2.44. The van der Waals surface area contributed by atoms with Crippen LogP contribution in [0.3, 0.4) is 0 Å². The fourth-order valence-corrected chi connectivity index (χ4v) is 2.26. The number of hydrogen-bond acceptors (Lipinski definition) is 2. The molecule has 0 aromatic rings. The summed E-state index contributed by atoms with van der Waals surface area (Å²) in [5, 5.41) is 7.14. The van der Waals surface area contributed by atoms with Crippen LogP contribution in [0.5, 0.6) is 0 Å². The van der Waals surface area contributed by atoms with Crippen LogP contribution < -0.4 is 10.6 Å². The van der Waals surface area contributed by atoms with Gasteiger partial charge in [-0.05, 0) is 50.6 Å². The molecule has 76 valence electrons. The minimum Gasteiger partial charge on any atom is -0.317 e. The van der Waals surface area contributed by atoms with Crippen molar-refractivity contribution in [1.82, 2.24) is 10.6 Å². The molecule has 1 aliphatic carbocycles. The maximum Gasteiger partial charge on any atom is 0.00684 e. The normalized spacial score (nSPS) is 27.5. The molecule has 13 heavy (non-hydrogen) atoms. The summed E-state index contributed by atoms with van der Waals surface area (Å²) < 4.78 is 0. The molecule has 1 saturated carbocycles. The zero-order valence-corrected chi connectivity index (χ0v) is 8.73. The number of hydrogen-bond donors (Lipinski definition) is 2. The van der Waals surface area contributed by atoms with Crippen LogP contribution in [0, 0.1) is 5.41 Å². The Labute approximate surface area is 81.5 Å². The highest BCUT2D eigenvalue weighted by Gasteiger charge is 2.32. The summed E-state index contributed by atoms with van der Waals surface area (Å²) in [5.41, 5.74) is 0.619. The van der Waals surface area contributed by atoms with Gasteiger partial charge in [-0.2, -0.15) is 0 Å². The largest absolute Gasteiger partial charge is 0.317 e. The second-order valence-electron chi connectivity index (χ2n) is 4.76. The highest BCUT2D eigenvalue weighted by Crippen LogP contribution is 2.32. The van der Waals surface area contributed by atoms with E-state index in [-0.39, 0.29) is 0 Å². The Morgan fingerprint density at radius 1 is 1.31 bits per heavy atom. The van der Waals surface area contributed by atoms with Gasteiger partial charge in [-0.15, -0.1) is 0 Å². The van der Waals surface area contributed by atoms with Crippen molar-refractivity contribution in [3.05, 3.63) is 0 Å². The molecule has 2 nitrogen and oxygen atoms in total. The lowest BCUT2D eigenvalue weighted by Crippen LogP contribution is -2.43. The van der Waals surface area contributed by atoms with Gasteiger partial charge < -0.3 is 10.6 Å². The predicted octanol–water partition coefficient (Wildman–Crippen LogP) is 1.52. The van der Waals surface area contributed by atoms with Crippen LogP contribution in [0.15, 0.2) is 0 Å². The number of piperidine rings is 1. The summed E-state index contributed by atoms with van der Waals surface area (Å²) in [6.07, 6.45) is 6.90. The van der Waals surface area contributed by atoms with Gasteiger partial charge in [-0.25, -0.2) is 0 Å². The molecule has 1 aliphatic heterocycles. The Kier molecular flexibility index (Phi) is 2.89. The fraction of sp³-hybridized carbons (Fsp3) is 1.00. The van der Waals surface area contributed by atoms with Crippen LogP contribution in [0.25, 0.3) is 0 Å². The predicted molar refractivity (Wildman–Crippen MR) is 55.9 cm³/mol. The average molecular weight is 182 g/mol. The quantitative estimate of drug-likeness (QED) is 0.689. The van der Waals surface area contributed by atoms with E-state index in [9.17, 15) is 0 Å². The van der Waals surface area contributed by atoms with E-state index in [0.717, 1.165) is 6.04 Å². The van der Waals surface area contributed by atoms with Gasteiger partial charge in [-0.1, -0.05) is 6.92 Å². The summed E-state index contributed by atoms with van der Waals surface area (Å²) in [5.74, 6) is 0. The van der Waals surface area contributed by atoms with E-state index in [4.69, 9.17) is 0 Å². The molecular formula is C11H22N2. The maximum absolute atomic E-state index is 3.69. The minimum atomic E-state index is 0.619. The molecule has 1 saturated heterocycles. The maximum atomic E-state index is 3.69. The summed E-state index contributed by atoms with van der Waals surface area (Å²) in [7, 11) is 0. The van der Waals surface area contributed by atoms with Crippen molar-refractivity contribution in [2.45, 2.75) is 45.1 Å². The van der Waals surface area contributed by atoms with Crippen LogP contribution in [0.4, 0.5) is 0 Å². The molecule has 0 unspecified atom stereocenters. The van der Waals surface area contributed by atoms with E-state index in [1.807, 2.05) is 0 Å². The lowest BCUT2D eigenvalue weighted by atomic mass is 9.76. The molecule has 0 amide bonds. The molecule has 0 spiro atoms. The van der Waals surface area contributed by atoms with Crippen molar-refractivity contribution in [3.8, 4) is 0 Å². The SMILES string of the molecule is CCC1(CNC2CC2)CCNCC1. The van der Waals surface area contributed by atoms with Crippen molar-refractivity contribution in [2.75, 3.05) is 19.6 Å². The summed E-state index contributed by atoms with van der Waals surface area (Å²) >= 11 is 0. The zero-order valence-electron chi connectivity index (χ0n) is 8.73. The van der Waals surface area contributed by atoms with Crippen LogP contribution in [-0.2, 0) is 0 Å². The molecule has 0 bridgehead atoms. The Morgan fingerprint density at radius 2 is 2.00 bits per heavy atom. The standard InChI is InChI=1S/C11H22N2/c1-2-11(5-7-12-8-6-11)9-13-10-3-4-10/h10,12-13H,2-9H2,1H3. The van der Waals surface area contributed by atoms with E-state index >= 15 is 0 Å². The van der Waals surface area contributed by atoms with Crippen molar-refractivity contribution in [3.63, 3.8) is 0 Å². The first-order chi connectivity index (χ1) is 6.35. The van der Waals surface area contributed by atoms with E-state index in [1.165, 1.54) is 51.7 Å². The van der Waals surface area contributed by atoms with Gasteiger partial charge in [0, 0.05) is 12.6 Å². The van der Waals surface area contributed by atoms with Gasteiger partial charge in [-0.3, -0.25) is 0 Å². The summed E-state index contributed by atoms with van der Waals surface area (Å²) in [6, 6.07) is 0.873.